The van der Waals surface area contributed by atoms with Crippen molar-refractivity contribution in [3.63, 3.8) is 0 Å². The zero-order valence-corrected chi connectivity index (χ0v) is 12.9. The second-order valence-corrected chi connectivity index (χ2v) is 5.21. The molecule has 112 valence electrons. The molecule has 0 radical (unpaired) electrons. The van der Waals surface area contributed by atoms with Crippen LogP contribution >= 0.6 is 0 Å². The molecule has 0 bridgehead atoms. The first-order chi connectivity index (χ1) is 9.93. The molecular formula is C17H21FN2O. The van der Waals surface area contributed by atoms with Crippen LogP contribution < -0.4 is 15.4 Å². The fraction of sp³-hybridized carbons (Fsp3) is 0.294. The Balaban J connectivity index is 2.45. The monoisotopic (exact) mass is 288 g/mol. The van der Waals surface area contributed by atoms with Crippen molar-refractivity contribution in [2.45, 2.75) is 19.9 Å². The van der Waals surface area contributed by atoms with Crippen LogP contribution in [0.2, 0.25) is 0 Å². The molecule has 3 nitrogen and oxygen atoms in total. The highest BCUT2D eigenvalue weighted by molar-refractivity contribution is 5.67. The molecule has 0 saturated heterocycles. The molecule has 2 aromatic carbocycles. The molecule has 0 aliphatic rings. The third-order valence-electron chi connectivity index (χ3n) is 3.62. The van der Waals surface area contributed by atoms with Gasteiger partial charge in [-0.15, -0.1) is 0 Å². The lowest BCUT2D eigenvalue weighted by Gasteiger charge is -2.25. The van der Waals surface area contributed by atoms with E-state index >= 15 is 0 Å². The average molecular weight is 288 g/mol. The van der Waals surface area contributed by atoms with Crippen molar-refractivity contribution in [1.82, 2.24) is 0 Å². The lowest BCUT2D eigenvalue weighted by atomic mass is 10.0. The van der Waals surface area contributed by atoms with Gasteiger partial charge in [-0.2, -0.15) is 0 Å². The molecule has 2 rings (SSSR count). The van der Waals surface area contributed by atoms with Crippen molar-refractivity contribution in [3.05, 3.63) is 53.3 Å². The standard InChI is InChI=1S/C17H21FN2O/c1-11-9-17(15(12(2)19)10-16(11)18)20(3)13-5-7-14(21-4)8-6-13/h5-10,12H,19H2,1-4H3/t12-/m0/s1. The van der Waals surface area contributed by atoms with E-state index in [1.165, 1.54) is 6.07 Å². The van der Waals surface area contributed by atoms with Gasteiger partial charge in [0.05, 0.1) is 7.11 Å². The summed E-state index contributed by atoms with van der Waals surface area (Å²) in [6.07, 6.45) is 0. The average Bonchev–Trinajstić information content (AvgIpc) is 2.48. The maximum absolute atomic E-state index is 13.8. The Morgan fingerprint density at radius 2 is 1.81 bits per heavy atom. The number of aryl methyl sites for hydroxylation is 1. The van der Waals surface area contributed by atoms with Gasteiger partial charge in [-0.05, 0) is 61.4 Å². The Morgan fingerprint density at radius 1 is 1.19 bits per heavy atom. The van der Waals surface area contributed by atoms with Gasteiger partial charge in [-0.3, -0.25) is 0 Å². The van der Waals surface area contributed by atoms with Crippen molar-refractivity contribution in [2.75, 3.05) is 19.1 Å². The van der Waals surface area contributed by atoms with Crippen molar-refractivity contribution in [1.29, 1.82) is 0 Å². The number of halogens is 1. The lowest BCUT2D eigenvalue weighted by molar-refractivity contribution is 0.415. The Hall–Kier alpha value is -2.07. The van der Waals surface area contributed by atoms with E-state index in [1.807, 2.05) is 49.2 Å². The number of hydrogen-bond donors (Lipinski definition) is 1. The number of nitrogens with zero attached hydrogens (tertiary/aromatic N) is 1. The van der Waals surface area contributed by atoms with Crippen LogP contribution in [0.4, 0.5) is 15.8 Å². The van der Waals surface area contributed by atoms with E-state index < -0.39 is 0 Å². The van der Waals surface area contributed by atoms with Gasteiger partial charge in [0.15, 0.2) is 0 Å². The number of nitrogens with two attached hydrogens (primary N) is 1. The molecule has 4 heteroatoms. The summed E-state index contributed by atoms with van der Waals surface area (Å²) in [6, 6.07) is 10.8. The molecule has 21 heavy (non-hydrogen) atoms. The summed E-state index contributed by atoms with van der Waals surface area (Å²) in [5.41, 5.74) is 9.28. The predicted molar refractivity (Wildman–Crippen MR) is 84.8 cm³/mol. The summed E-state index contributed by atoms with van der Waals surface area (Å²) < 4.78 is 19.0. The Bertz CT molecular complexity index is 623. The summed E-state index contributed by atoms with van der Waals surface area (Å²) in [6.45, 7) is 3.61. The van der Waals surface area contributed by atoms with Gasteiger partial charge in [-0.25, -0.2) is 4.39 Å². The van der Waals surface area contributed by atoms with E-state index in [2.05, 4.69) is 0 Å². The minimum atomic E-state index is -0.240. The van der Waals surface area contributed by atoms with Gasteiger partial charge >= 0.3 is 0 Å². The highest BCUT2D eigenvalue weighted by Crippen LogP contribution is 2.32. The molecular weight excluding hydrogens is 267 g/mol. The van der Waals surface area contributed by atoms with Crippen LogP contribution in [0.25, 0.3) is 0 Å². The number of ether oxygens (including phenoxy) is 1. The topological polar surface area (TPSA) is 38.5 Å². The molecule has 0 aliphatic carbocycles. The molecule has 0 aromatic heterocycles. The van der Waals surface area contributed by atoms with Gasteiger partial charge in [0.2, 0.25) is 0 Å². The second kappa shape index (κ2) is 6.14. The van der Waals surface area contributed by atoms with Crippen LogP contribution in [0.15, 0.2) is 36.4 Å². The second-order valence-electron chi connectivity index (χ2n) is 5.21. The van der Waals surface area contributed by atoms with Crippen LogP contribution in [0.3, 0.4) is 0 Å². The number of anilines is 2. The maximum atomic E-state index is 13.8. The van der Waals surface area contributed by atoms with Gasteiger partial charge < -0.3 is 15.4 Å². The quantitative estimate of drug-likeness (QED) is 0.926. The Labute approximate surface area is 125 Å². The van der Waals surface area contributed by atoms with E-state index in [-0.39, 0.29) is 11.9 Å². The van der Waals surface area contributed by atoms with Crippen molar-refractivity contribution < 1.29 is 9.13 Å². The fourth-order valence-electron chi connectivity index (χ4n) is 2.28. The summed E-state index contributed by atoms with van der Waals surface area (Å²) in [4.78, 5) is 2.00. The van der Waals surface area contributed by atoms with Crippen LogP contribution in [0.1, 0.15) is 24.1 Å². The zero-order valence-electron chi connectivity index (χ0n) is 12.9. The number of rotatable bonds is 4. The lowest BCUT2D eigenvalue weighted by Crippen LogP contribution is -2.16. The maximum Gasteiger partial charge on any atom is 0.126 e. The molecule has 0 fully saturated rings. The number of hydrogen-bond acceptors (Lipinski definition) is 3. The van der Waals surface area contributed by atoms with E-state index in [4.69, 9.17) is 10.5 Å². The first-order valence-corrected chi connectivity index (χ1v) is 6.87. The summed E-state index contributed by atoms with van der Waals surface area (Å²) in [5.74, 6) is 0.573. The van der Waals surface area contributed by atoms with Crippen molar-refractivity contribution in [2.24, 2.45) is 5.73 Å². The van der Waals surface area contributed by atoms with Crippen LogP contribution in [0, 0.1) is 12.7 Å². The molecule has 0 aliphatic heterocycles. The molecule has 0 saturated carbocycles. The van der Waals surface area contributed by atoms with E-state index in [0.717, 1.165) is 22.7 Å². The molecule has 2 N–H and O–H groups in total. The van der Waals surface area contributed by atoms with Gasteiger partial charge in [0, 0.05) is 24.5 Å². The third kappa shape index (κ3) is 3.16. The van der Waals surface area contributed by atoms with Gasteiger partial charge in [0.1, 0.15) is 11.6 Å². The van der Waals surface area contributed by atoms with Crippen molar-refractivity contribution in [3.8, 4) is 5.75 Å². The molecule has 0 heterocycles. The van der Waals surface area contributed by atoms with Gasteiger partial charge in [-0.1, -0.05) is 0 Å². The minimum Gasteiger partial charge on any atom is -0.497 e. The van der Waals surface area contributed by atoms with Crippen LogP contribution in [-0.4, -0.2) is 14.2 Å². The summed E-state index contributed by atoms with van der Waals surface area (Å²) in [7, 11) is 3.58. The zero-order chi connectivity index (χ0) is 15.6. The largest absolute Gasteiger partial charge is 0.497 e. The van der Waals surface area contributed by atoms with Crippen molar-refractivity contribution >= 4 is 11.4 Å². The van der Waals surface area contributed by atoms with E-state index in [9.17, 15) is 4.39 Å². The highest BCUT2D eigenvalue weighted by atomic mass is 19.1. The first kappa shape index (κ1) is 15.3. The van der Waals surface area contributed by atoms with Crippen LogP contribution in [-0.2, 0) is 0 Å². The third-order valence-corrected chi connectivity index (χ3v) is 3.62. The normalized spacial score (nSPS) is 12.1. The van der Waals surface area contributed by atoms with Gasteiger partial charge in [0.25, 0.3) is 0 Å². The Kier molecular flexibility index (Phi) is 4.48. The van der Waals surface area contributed by atoms with E-state index in [1.54, 1.807) is 14.0 Å². The molecule has 1 atom stereocenters. The number of methoxy groups -OCH3 is 1. The number of benzene rings is 2. The highest BCUT2D eigenvalue weighted by Gasteiger charge is 2.15. The molecule has 0 amide bonds. The summed E-state index contributed by atoms with van der Waals surface area (Å²) >= 11 is 0. The molecule has 0 unspecified atom stereocenters. The predicted octanol–water partition coefficient (Wildman–Crippen LogP) is 3.93. The molecule has 2 aromatic rings. The van der Waals surface area contributed by atoms with Crippen LogP contribution in [0.5, 0.6) is 5.75 Å². The smallest absolute Gasteiger partial charge is 0.126 e. The first-order valence-electron chi connectivity index (χ1n) is 6.87. The fourth-order valence-corrected chi connectivity index (χ4v) is 2.28. The Morgan fingerprint density at radius 3 is 2.33 bits per heavy atom. The summed E-state index contributed by atoms with van der Waals surface area (Å²) in [5, 5.41) is 0. The molecule has 0 spiro atoms. The minimum absolute atomic E-state index is 0.228. The van der Waals surface area contributed by atoms with E-state index in [0.29, 0.717) is 5.56 Å². The SMILES string of the molecule is COc1ccc(N(C)c2cc(C)c(F)cc2[C@H](C)N)cc1.